The summed E-state index contributed by atoms with van der Waals surface area (Å²) in [6, 6.07) is 2.95. The number of carbonyl (C=O) groups is 2. The minimum absolute atomic E-state index is 0.0301. The first-order chi connectivity index (χ1) is 9.53. The minimum atomic E-state index is -1.43. The van der Waals surface area contributed by atoms with Crippen molar-refractivity contribution in [3.63, 3.8) is 0 Å². The second-order valence-electron chi connectivity index (χ2n) is 5.83. The van der Waals surface area contributed by atoms with Crippen LogP contribution < -0.4 is 0 Å². The molecule has 7 heteroatoms. The fraction of sp³-hybridized carbons (Fsp3) is 0.500. The van der Waals surface area contributed by atoms with E-state index in [2.05, 4.69) is 5.16 Å². The lowest BCUT2D eigenvalue weighted by Crippen LogP contribution is -2.40. The van der Waals surface area contributed by atoms with Crippen molar-refractivity contribution in [1.82, 2.24) is 0 Å². The fourth-order valence-corrected chi connectivity index (χ4v) is 1.20. The van der Waals surface area contributed by atoms with Gasteiger partial charge >= 0.3 is 11.9 Å². The van der Waals surface area contributed by atoms with Crippen molar-refractivity contribution in [3.05, 3.63) is 24.2 Å². The smallest absolute Gasteiger partial charge is 0.361 e. The highest BCUT2D eigenvalue weighted by Crippen LogP contribution is 2.18. The molecule has 0 bridgehead atoms. The molecular weight excluding hydrogens is 278 g/mol. The molecule has 0 aliphatic rings. The van der Waals surface area contributed by atoms with Gasteiger partial charge in [0.1, 0.15) is 5.60 Å². The van der Waals surface area contributed by atoms with Crippen LogP contribution >= 0.6 is 0 Å². The third-order valence-corrected chi connectivity index (χ3v) is 2.21. The van der Waals surface area contributed by atoms with E-state index in [4.69, 9.17) is 19.1 Å². The van der Waals surface area contributed by atoms with Crippen LogP contribution in [-0.4, -0.2) is 34.0 Å². The van der Waals surface area contributed by atoms with Gasteiger partial charge in [-0.3, -0.25) is 0 Å². The van der Waals surface area contributed by atoms with Crippen molar-refractivity contribution in [2.45, 2.75) is 45.8 Å². The number of hydrogen-bond donors (Lipinski definition) is 1. The van der Waals surface area contributed by atoms with Crippen LogP contribution in [-0.2, 0) is 19.2 Å². The number of nitrogens with zero attached hydrogens (tertiary/aromatic N) is 1. The largest absolute Gasteiger partial charge is 0.476 e. The number of furan rings is 1. The maximum absolute atomic E-state index is 12.0. The Morgan fingerprint density at radius 2 is 1.86 bits per heavy atom. The van der Waals surface area contributed by atoms with Crippen LogP contribution in [0.25, 0.3) is 0 Å². The zero-order chi connectivity index (χ0) is 16.3. The molecule has 0 aliphatic heterocycles. The van der Waals surface area contributed by atoms with Crippen molar-refractivity contribution in [2.75, 3.05) is 0 Å². The van der Waals surface area contributed by atoms with Crippen molar-refractivity contribution in [2.24, 2.45) is 5.16 Å². The molecule has 116 valence electrons. The Bertz CT molecular complexity index is 536. The summed E-state index contributed by atoms with van der Waals surface area (Å²) in [5, 5.41) is 12.6. The van der Waals surface area contributed by atoms with Crippen LogP contribution in [0.15, 0.2) is 28.0 Å². The summed E-state index contributed by atoms with van der Waals surface area (Å²) in [4.78, 5) is 28.1. The number of hydrogen-bond acceptors (Lipinski definition) is 6. The first-order valence-corrected chi connectivity index (χ1v) is 6.30. The van der Waals surface area contributed by atoms with E-state index in [1.165, 1.54) is 32.2 Å². The lowest BCUT2D eigenvalue weighted by Gasteiger charge is -2.26. The predicted molar refractivity (Wildman–Crippen MR) is 73.9 cm³/mol. The molecule has 1 aromatic heterocycles. The maximum Gasteiger partial charge on any atom is 0.361 e. The van der Waals surface area contributed by atoms with E-state index in [1.807, 2.05) is 0 Å². The van der Waals surface area contributed by atoms with Crippen LogP contribution in [0.3, 0.4) is 0 Å². The van der Waals surface area contributed by atoms with Gasteiger partial charge in [-0.15, -0.1) is 0 Å². The maximum atomic E-state index is 12.0. The third-order valence-electron chi connectivity index (χ3n) is 2.21. The van der Waals surface area contributed by atoms with Crippen LogP contribution in [0, 0.1) is 0 Å². The van der Waals surface area contributed by atoms with Crippen molar-refractivity contribution < 1.29 is 28.7 Å². The molecule has 0 spiro atoms. The summed E-state index contributed by atoms with van der Waals surface area (Å²) in [6.45, 7) is 8.03. The van der Waals surface area contributed by atoms with Crippen LogP contribution in [0.2, 0.25) is 0 Å². The van der Waals surface area contributed by atoms with Crippen LogP contribution in [0.1, 0.15) is 40.4 Å². The zero-order valence-electron chi connectivity index (χ0n) is 12.7. The molecule has 0 amide bonds. The number of ether oxygens (including phenoxy) is 1. The SMILES string of the molecule is CC(C)(C)OC(=O)C(C)(C)O/N=C(\C(=O)O)c1ccco1. The summed E-state index contributed by atoms with van der Waals surface area (Å²) in [5.41, 5.74) is -2.55. The van der Waals surface area contributed by atoms with Crippen LogP contribution in [0.4, 0.5) is 0 Å². The number of esters is 1. The quantitative estimate of drug-likeness (QED) is 0.508. The lowest BCUT2D eigenvalue weighted by molar-refractivity contribution is -0.179. The Morgan fingerprint density at radius 3 is 2.29 bits per heavy atom. The topological polar surface area (TPSA) is 98.3 Å². The standard InChI is InChI=1S/C14H19NO6/c1-13(2,3)20-12(18)14(4,5)21-15-10(11(16)17)9-7-6-8-19-9/h6-8H,1-5H3,(H,16,17)/b15-10-. The van der Waals surface area contributed by atoms with Gasteiger partial charge in [0.2, 0.25) is 11.3 Å². The van der Waals surface area contributed by atoms with Crippen molar-refractivity contribution in [3.8, 4) is 0 Å². The average molecular weight is 297 g/mol. The Labute approximate surface area is 122 Å². The van der Waals surface area contributed by atoms with Gasteiger partial charge in [-0.05, 0) is 46.8 Å². The van der Waals surface area contributed by atoms with Gasteiger partial charge in [0.25, 0.3) is 0 Å². The normalized spacial score (nSPS) is 12.9. The molecule has 1 rings (SSSR count). The third kappa shape index (κ3) is 4.94. The second kappa shape index (κ2) is 5.99. The molecule has 1 aromatic rings. The van der Waals surface area contributed by atoms with E-state index >= 15 is 0 Å². The molecule has 0 aromatic carbocycles. The van der Waals surface area contributed by atoms with Gasteiger partial charge in [0, 0.05) is 0 Å². The number of rotatable bonds is 5. The number of aliphatic carboxylic acids is 1. The summed E-state index contributed by atoms with van der Waals surface area (Å²) in [7, 11) is 0. The number of carboxylic acids is 1. The number of carboxylic acid groups (broad SMARTS) is 1. The molecule has 0 unspecified atom stereocenters. The molecule has 0 saturated heterocycles. The van der Waals surface area contributed by atoms with Crippen LogP contribution in [0.5, 0.6) is 0 Å². The molecule has 1 heterocycles. The molecule has 21 heavy (non-hydrogen) atoms. The first kappa shape index (κ1) is 16.7. The van der Waals surface area contributed by atoms with Gasteiger partial charge in [-0.1, -0.05) is 5.16 Å². The Kier molecular flexibility index (Phi) is 4.77. The number of carbonyl (C=O) groups excluding carboxylic acids is 1. The molecule has 1 N–H and O–H groups in total. The zero-order valence-corrected chi connectivity index (χ0v) is 12.7. The van der Waals surface area contributed by atoms with E-state index in [-0.39, 0.29) is 5.76 Å². The summed E-state index contributed by atoms with van der Waals surface area (Å²) >= 11 is 0. The van der Waals surface area contributed by atoms with E-state index in [0.29, 0.717) is 0 Å². The summed E-state index contributed by atoms with van der Waals surface area (Å²) in [6.07, 6.45) is 1.31. The summed E-state index contributed by atoms with van der Waals surface area (Å²) in [5.74, 6) is -1.95. The predicted octanol–water partition coefficient (Wildman–Crippen LogP) is 2.21. The Hall–Kier alpha value is -2.31. The molecule has 0 atom stereocenters. The lowest BCUT2D eigenvalue weighted by atomic mass is 10.1. The minimum Gasteiger partial charge on any atom is -0.476 e. The van der Waals surface area contributed by atoms with Gasteiger partial charge in [0.05, 0.1) is 6.26 Å². The van der Waals surface area contributed by atoms with Gasteiger partial charge < -0.3 is 19.1 Å². The molecular formula is C14H19NO6. The van der Waals surface area contributed by atoms with Crippen molar-refractivity contribution in [1.29, 1.82) is 0 Å². The van der Waals surface area contributed by atoms with E-state index in [0.717, 1.165) is 0 Å². The Morgan fingerprint density at radius 1 is 1.24 bits per heavy atom. The Balaban J connectivity index is 2.89. The van der Waals surface area contributed by atoms with Gasteiger partial charge in [-0.25, -0.2) is 9.59 Å². The molecule has 0 fully saturated rings. The second-order valence-corrected chi connectivity index (χ2v) is 5.83. The monoisotopic (exact) mass is 297 g/mol. The molecule has 0 saturated carbocycles. The fourth-order valence-electron chi connectivity index (χ4n) is 1.20. The average Bonchev–Trinajstić information content (AvgIpc) is 2.79. The molecule has 0 radical (unpaired) electrons. The highest BCUT2D eigenvalue weighted by atomic mass is 16.7. The highest BCUT2D eigenvalue weighted by molar-refractivity contribution is 6.41. The van der Waals surface area contributed by atoms with Gasteiger partial charge in [0.15, 0.2) is 5.76 Å². The molecule has 7 nitrogen and oxygen atoms in total. The van der Waals surface area contributed by atoms with E-state index in [1.54, 1.807) is 20.8 Å². The first-order valence-electron chi connectivity index (χ1n) is 6.30. The van der Waals surface area contributed by atoms with Crippen molar-refractivity contribution >= 4 is 17.7 Å². The molecule has 0 aliphatic carbocycles. The number of oxime groups is 1. The van der Waals surface area contributed by atoms with E-state index < -0.39 is 28.9 Å². The summed E-state index contributed by atoms with van der Waals surface area (Å²) < 4.78 is 10.1. The van der Waals surface area contributed by atoms with Gasteiger partial charge in [-0.2, -0.15) is 0 Å². The van der Waals surface area contributed by atoms with E-state index in [9.17, 15) is 9.59 Å². The highest BCUT2D eigenvalue weighted by Gasteiger charge is 2.35.